The third-order valence-corrected chi connectivity index (χ3v) is 8.55. The molecule has 6 rings (SSSR count). The first-order valence-electron chi connectivity index (χ1n) is 12.3. The Morgan fingerprint density at radius 2 is 1.52 bits per heavy atom. The van der Waals surface area contributed by atoms with Crippen LogP contribution in [0.1, 0.15) is 56.9 Å². The lowest BCUT2D eigenvalue weighted by molar-refractivity contribution is -0.160. The van der Waals surface area contributed by atoms with Crippen LogP contribution >= 0.6 is 0 Å². The minimum Gasteiger partial charge on any atom is -0.496 e. The molecule has 1 aliphatic heterocycles. The summed E-state index contributed by atoms with van der Waals surface area (Å²) in [5.74, 6) is 4.11. The zero-order valence-corrected chi connectivity index (χ0v) is 20.0. The molecule has 0 unspecified atom stereocenters. The number of methoxy groups -OCH3 is 3. The molecule has 0 aromatic heterocycles. The number of hydrogen-bond donors (Lipinski definition) is 1. The molecular weight excluding hydrogens is 420 g/mol. The van der Waals surface area contributed by atoms with Crippen molar-refractivity contribution < 1.29 is 23.8 Å². The van der Waals surface area contributed by atoms with Gasteiger partial charge >= 0.3 is 0 Å². The van der Waals surface area contributed by atoms with Crippen LogP contribution in [0.4, 0.5) is 0 Å². The maximum absolute atomic E-state index is 13.8. The van der Waals surface area contributed by atoms with Gasteiger partial charge in [0, 0.05) is 24.7 Å². The third-order valence-electron chi connectivity index (χ3n) is 8.55. The van der Waals surface area contributed by atoms with Crippen LogP contribution in [0.5, 0.6) is 17.2 Å². The average molecular weight is 457 g/mol. The van der Waals surface area contributed by atoms with Gasteiger partial charge in [-0.15, -0.1) is 0 Å². The number of likely N-dealkylation sites (tertiary alicyclic amines) is 1. The highest BCUT2D eigenvalue weighted by Crippen LogP contribution is 2.60. The fraction of sp³-hybridized carbons (Fsp3) is 0.692. The van der Waals surface area contributed by atoms with Crippen LogP contribution in [0.15, 0.2) is 12.1 Å². The minimum atomic E-state index is -0.378. The fourth-order valence-electron chi connectivity index (χ4n) is 7.49. The van der Waals surface area contributed by atoms with Gasteiger partial charge in [0.2, 0.25) is 11.8 Å². The number of nitrogens with one attached hydrogen (secondary N) is 1. The van der Waals surface area contributed by atoms with Crippen LogP contribution < -0.4 is 19.5 Å². The molecule has 5 aliphatic rings. The molecule has 0 spiro atoms. The molecule has 1 atom stereocenters. The van der Waals surface area contributed by atoms with Gasteiger partial charge in [0.1, 0.15) is 11.8 Å². The van der Waals surface area contributed by atoms with Crippen LogP contribution in [0, 0.1) is 23.2 Å². The van der Waals surface area contributed by atoms with E-state index in [0.717, 1.165) is 37.7 Å². The van der Waals surface area contributed by atoms with E-state index < -0.39 is 0 Å². The molecule has 180 valence electrons. The maximum atomic E-state index is 13.8. The molecule has 4 aliphatic carbocycles. The molecule has 7 heteroatoms. The minimum absolute atomic E-state index is 0.0811. The van der Waals surface area contributed by atoms with Crippen molar-refractivity contribution in [1.29, 1.82) is 0 Å². The van der Waals surface area contributed by atoms with E-state index in [1.807, 2.05) is 11.0 Å². The van der Waals surface area contributed by atoms with E-state index in [-0.39, 0.29) is 23.3 Å². The van der Waals surface area contributed by atoms with Gasteiger partial charge in [-0.25, -0.2) is 0 Å². The van der Waals surface area contributed by atoms with Crippen molar-refractivity contribution in [3.05, 3.63) is 17.7 Å². The summed E-state index contributed by atoms with van der Waals surface area (Å²) in [5.41, 5.74) is 0.602. The highest BCUT2D eigenvalue weighted by atomic mass is 16.5. The zero-order valence-electron chi connectivity index (χ0n) is 20.0. The normalized spacial score (nSPS) is 32.0. The van der Waals surface area contributed by atoms with Crippen molar-refractivity contribution in [3.8, 4) is 17.2 Å². The largest absolute Gasteiger partial charge is 0.496 e. The molecule has 1 aromatic carbocycles. The molecule has 33 heavy (non-hydrogen) atoms. The Morgan fingerprint density at radius 1 is 0.939 bits per heavy atom. The second-order valence-corrected chi connectivity index (χ2v) is 10.6. The first-order chi connectivity index (χ1) is 16.0. The van der Waals surface area contributed by atoms with E-state index in [2.05, 4.69) is 5.32 Å². The number of hydrogen-bond acceptors (Lipinski definition) is 5. The number of ether oxygens (including phenoxy) is 3. The van der Waals surface area contributed by atoms with Gasteiger partial charge in [0.25, 0.3) is 0 Å². The summed E-state index contributed by atoms with van der Waals surface area (Å²) in [7, 11) is 4.75. The molecule has 2 amide bonds. The van der Waals surface area contributed by atoms with Gasteiger partial charge < -0.3 is 24.4 Å². The number of benzene rings is 1. The standard InChI is InChI=1S/C26H36N2O5/c1-31-21-11-23(33-3)22(32-2)10-19(21)15-27-24(29)20-5-4-6-28(20)25(30)26-12-16-7-17(13-26)9-18(8-16)14-26/h10-11,16-18,20H,4-9,12-15H2,1-3H3,(H,27,29)/t16?,17?,18?,20-,26?/m1/s1. The lowest BCUT2D eigenvalue weighted by Crippen LogP contribution is -2.57. The quantitative estimate of drug-likeness (QED) is 0.679. The van der Waals surface area contributed by atoms with Crippen LogP contribution in [-0.4, -0.2) is 50.6 Å². The van der Waals surface area contributed by atoms with E-state index in [1.165, 1.54) is 19.3 Å². The van der Waals surface area contributed by atoms with E-state index in [9.17, 15) is 9.59 Å². The number of amides is 2. The number of carbonyl (C=O) groups is 2. The summed E-state index contributed by atoms with van der Waals surface area (Å²) in [6.45, 7) is 0.997. The smallest absolute Gasteiger partial charge is 0.243 e. The van der Waals surface area contributed by atoms with E-state index in [1.54, 1.807) is 27.4 Å². The Balaban J connectivity index is 1.28. The maximum Gasteiger partial charge on any atom is 0.243 e. The van der Waals surface area contributed by atoms with Gasteiger partial charge in [-0.3, -0.25) is 9.59 Å². The highest BCUT2D eigenvalue weighted by molar-refractivity contribution is 5.91. The predicted octanol–water partition coefficient (Wildman–Crippen LogP) is 3.54. The summed E-state index contributed by atoms with van der Waals surface area (Å²) in [6.07, 6.45) is 8.64. The number of carbonyl (C=O) groups excluding carboxylic acids is 2. The van der Waals surface area contributed by atoms with Crippen LogP contribution in [0.3, 0.4) is 0 Å². The summed E-state index contributed by atoms with van der Waals surface area (Å²) in [4.78, 5) is 29.0. The van der Waals surface area contributed by atoms with Crippen molar-refractivity contribution in [2.24, 2.45) is 23.2 Å². The number of rotatable bonds is 7. The number of nitrogens with zero attached hydrogens (tertiary/aromatic N) is 1. The Kier molecular flexibility index (Phi) is 5.91. The van der Waals surface area contributed by atoms with Crippen molar-refractivity contribution >= 4 is 11.8 Å². The third kappa shape index (κ3) is 3.93. The molecule has 1 heterocycles. The monoisotopic (exact) mass is 456 g/mol. The Labute approximate surface area is 196 Å². The Hall–Kier alpha value is -2.44. The molecule has 5 fully saturated rings. The SMILES string of the molecule is COc1cc(OC)c(OC)cc1CNC(=O)[C@H]1CCCN1C(=O)C12CC3CC(CC(C3)C1)C2. The van der Waals surface area contributed by atoms with Crippen LogP contribution in [0.25, 0.3) is 0 Å². The van der Waals surface area contributed by atoms with Gasteiger partial charge in [-0.05, 0) is 75.2 Å². The molecule has 4 bridgehead atoms. The Morgan fingerprint density at radius 3 is 2.09 bits per heavy atom. The topological polar surface area (TPSA) is 77.1 Å². The molecule has 1 N–H and O–H groups in total. The average Bonchev–Trinajstić information content (AvgIpc) is 3.30. The van der Waals surface area contributed by atoms with Crippen molar-refractivity contribution in [3.63, 3.8) is 0 Å². The molecule has 1 aromatic rings. The first kappa shape index (κ1) is 22.4. The summed E-state index contributed by atoms with van der Waals surface area (Å²) < 4.78 is 16.2. The van der Waals surface area contributed by atoms with Crippen LogP contribution in [0.2, 0.25) is 0 Å². The molecule has 4 saturated carbocycles. The fourth-order valence-corrected chi connectivity index (χ4v) is 7.49. The van der Waals surface area contributed by atoms with Crippen molar-refractivity contribution in [1.82, 2.24) is 10.2 Å². The predicted molar refractivity (Wildman–Crippen MR) is 123 cm³/mol. The van der Waals surface area contributed by atoms with Crippen LogP contribution in [-0.2, 0) is 16.1 Å². The van der Waals surface area contributed by atoms with Gasteiger partial charge in [-0.1, -0.05) is 0 Å². The lowest BCUT2D eigenvalue weighted by Gasteiger charge is -2.56. The lowest BCUT2D eigenvalue weighted by atomic mass is 9.49. The highest BCUT2D eigenvalue weighted by Gasteiger charge is 2.56. The van der Waals surface area contributed by atoms with Crippen molar-refractivity contribution in [2.75, 3.05) is 27.9 Å². The summed E-state index contributed by atoms with van der Waals surface area (Å²) >= 11 is 0. The first-order valence-corrected chi connectivity index (χ1v) is 12.3. The molecular formula is C26H36N2O5. The van der Waals surface area contributed by atoms with Crippen molar-refractivity contribution in [2.45, 2.75) is 64.0 Å². The summed E-state index contributed by atoms with van der Waals surface area (Å²) in [6, 6.07) is 3.21. The van der Waals surface area contributed by atoms with E-state index >= 15 is 0 Å². The molecule has 1 saturated heterocycles. The van der Waals surface area contributed by atoms with Gasteiger partial charge in [-0.2, -0.15) is 0 Å². The van der Waals surface area contributed by atoms with E-state index in [4.69, 9.17) is 14.2 Å². The Bertz CT molecular complexity index is 894. The second-order valence-electron chi connectivity index (χ2n) is 10.6. The molecule has 7 nitrogen and oxygen atoms in total. The van der Waals surface area contributed by atoms with Gasteiger partial charge in [0.05, 0.1) is 26.7 Å². The van der Waals surface area contributed by atoms with E-state index in [0.29, 0.717) is 48.1 Å². The van der Waals surface area contributed by atoms with Gasteiger partial charge in [0.15, 0.2) is 11.5 Å². The second kappa shape index (κ2) is 8.73. The molecule has 0 radical (unpaired) electrons. The summed E-state index contributed by atoms with van der Waals surface area (Å²) in [5, 5.41) is 3.05. The zero-order chi connectivity index (χ0) is 23.2.